The second-order valence-electron chi connectivity index (χ2n) is 4.19. The van der Waals surface area contributed by atoms with Gasteiger partial charge < -0.3 is 10.6 Å². The van der Waals surface area contributed by atoms with Crippen molar-refractivity contribution in [3.63, 3.8) is 0 Å². The predicted molar refractivity (Wildman–Crippen MR) is 71.9 cm³/mol. The minimum Gasteiger partial charge on any atom is -0.323 e. The monoisotopic (exact) mass is 232 g/mol. The van der Waals surface area contributed by atoms with Crippen LogP contribution in [0.4, 0.5) is 5.69 Å². The Kier molecular flexibility index (Phi) is 5.43. The van der Waals surface area contributed by atoms with Crippen molar-refractivity contribution < 1.29 is 4.79 Å². The Bertz CT molecular complexity index is 406. The maximum Gasteiger partial charge on any atom is 0.248 e. The van der Waals surface area contributed by atoms with Gasteiger partial charge in [-0.25, -0.2) is 0 Å². The molecule has 1 rings (SSSR count). The lowest BCUT2D eigenvalue weighted by Crippen LogP contribution is -2.12. The first-order chi connectivity index (χ1) is 8.11. The van der Waals surface area contributed by atoms with Crippen molar-refractivity contribution in [3.05, 3.63) is 41.5 Å². The third-order valence-electron chi connectivity index (χ3n) is 2.19. The van der Waals surface area contributed by atoms with Gasteiger partial charge in [-0.05, 0) is 38.1 Å². The lowest BCUT2D eigenvalue weighted by molar-refractivity contribution is -0.111. The van der Waals surface area contributed by atoms with Crippen LogP contribution in [0.3, 0.4) is 0 Å². The fourth-order valence-corrected chi connectivity index (χ4v) is 1.47. The average Bonchev–Trinajstić information content (AvgIpc) is 2.25. The van der Waals surface area contributed by atoms with Crippen LogP contribution in [0, 0.1) is 0 Å². The minimum atomic E-state index is -0.0781. The number of amides is 1. The van der Waals surface area contributed by atoms with Crippen LogP contribution in [-0.4, -0.2) is 12.5 Å². The van der Waals surface area contributed by atoms with Crippen LogP contribution in [0.5, 0.6) is 0 Å². The number of rotatable bonds is 5. The first-order valence-electron chi connectivity index (χ1n) is 5.87. The third-order valence-corrected chi connectivity index (χ3v) is 2.19. The number of carbonyl (C=O) groups is 1. The van der Waals surface area contributed by atoms with Crippen molar-refractivity contribution in [2.75, 3.05) is 11.9 Å². The Balaban J connectivity index is 2.65. The summed E-state index contributed by atoms with van der Waals surface area (Å²) in [7, 11) is 0. The van der Waals surface area contributed by atoms with E-state index < -0.39 is 0 Å². The molecule has 0 heterocycles. The average molecular weight is 232 g/mol. The highest BCUT2D eigenvalue weighted by molar-refractivity contribution is 5.99. The number of hydrogen-bond acceptors (Lipinski definition) is 2. The standard InChI is InChI=1S/C14H20N2O/c1-4-15-10-12-6-5-7-13(9-12)16-14(17)8-11(2)3/h5-9,15H,4,10H2,1-3H3,(H,16,17). The Morgan fingerprint density at radius 3 is 2.76 bits per heavy atom. The van der Waals surface area contributed by atoms with E-state index in [0.29, 0.717) is 0 Å². The number of hydrogen-bond donors (Lipinski definition) is 2. The van der Waals surface area contributed by atoms with Crippen LogP contribution in [-0.2, 0) is 11.3 Å². The molecule has 92 valence electrons. The van der Waals surface area contributed by atoms with E-state index in [2.05, 4.69) is 17.6 Å². The summed E-state index contributed by atoms with van der Waals surface area (Å²) in [5.41, 5.74) is 3.00. The molecule has 0 aliphatic heterocycles. The highest BCUT2D eigenvalue weighted by Crippen LogP contribution is 2.10. The van der Waals surface area contributed by atoms with E-state index >= 15 is 0 Å². The third kappa shape index (κ3) is 5.31. The number of allylic oxidation sites excluding steroid dienone is 1. The zero-order valence-corrected chi connectivity index (χ0v) is 10.7. The van der Waals surface area contributed by atoms with E-state index in [9.17, 15) is 4.79 Å². The Morgan fingerprint density at radius 2 is 2.12 bits per heavy atom. The van der Waals surface area contributed by atoms with Gasteiger partial charge in [0.1, 0.15) is 0 Å². The van der Waals surface area contributed by atoms with E-state index in [1.807, 2.05) is 38.1 Å². The second kappa shape index (κ2) is 6.86. The lowest BCUT2D eigenvalue weighted by Gasteiger charge is -2.06. The molecule has 3 nitrogen and oxygen atoms in total. The largest absolute Gasteiger partial charge is 0.323 e. The van der Waals surface area contributed by atoms with Crippen LogP contribution in [0.2, 0.25) is 0 Å². The van der Waals surface area contributed by atoms with E-state index in [1.54, 1.807) is 6.08 Å². The highest BCUT2D eigenvalue weighted by Gasteiger charge is 1.99. The summed E-state index contributed by atoms with van der Waals surface area (Å²) in [5.74, 6) is -0.0781. The van der Waals surface area contributed by atoms with Crippen molar-refractivity contribution in [2.24, 2.45) is 0 Å². The molecule has 17 heavy (non-hydrogen) atoms. The van der Waals surface area contributed by atoms with Crippen molar-refractivity contribution in [1.82, 2.24) is 5.32 Å². The van der Waals surface area contributed by atoms with Gasteiger partial charge in [0.15, 0.2) is 0 Å². The molecule has 1 aromatic rings. The predicted octanol–water partition coefficient (Wildman–Crippen LogP) is 2.70. The number of carbonyl (C=O) groups excluding carboxylic acids is 1. The van der Waals surface area contributed by atoms with Gasteiger partial charge in [-0.1, -0.05) is 24.6 Å². The smallest absolute Gasteiger partial charge is 0.248 e. The van der Waals surface area contributed by atoms with Gasteiger partial charge in [-0.2, -0.15) is 0 Å². The summed E-state index contributed by atoms with van der Waals surface area (Å²) >= 11 is 0. The van der Waals surface area contributed by atoms with Gasteiger partial charge in [0.2, 0.25) is 5.91 Å². The molecule has 0 atom stereocenters. The van der Waals surface area contributed by atoms with Gasteiger partial charge in [0.25, 0.3) is 0 Å². The normalized spacial score (nSPS) is 9.82. The summed E-state index contributed by atoms with van der Waals surface area (Å²) in [6, 6.07) is 7.87. The van der Waals surface area contributed by atoms with Crippen molar-refractivity contribution in [3.8, 4) is 0 Å². The molecule has 0 aliphatic carbocycles. The Morgan fingerprint density at radius 1 is 1.35 bits per heavy atom. The molecule has 0 saturated heterocycles. The number of anilines is 1. The highest BCUT2D eigenvalue weighted by atomic mass is 16.1. The Hall–Kier alpha value is -1.61. The summed E-state index contributed by atoms with van der Waals surface area (Å²) in [6.45, 7) is 7.64. The van der Waals surface area contributed by atoms with E-state index in [-0.39, 0.29) is 5.91 Å². The van der Waals surface area contributed by atoms with Crippen LogP contribution in [0.15, 0.2) is 35.9 Å². The molecule has 0 spiro atoms. The summed E-state index contributed by atoms with van der Waals surface area (Å²) < 4.78 is 0. The molecule has 0 aliphatic rings. The summed E-state index contributed by atoms with van der Waals surface area (Å²) in [5, 5.41) is 6.10. The molecule has 0 saturated carbocycles. The molecule has 3 heteroatoms. The topological polar surface area (TPSA) is 41.1 Å². The fourth-order valence-electron chi connectivity index (χ4n) is 1.47. The maximum absolute atomic E-state index is 11.5. The van der Waals surface area contributed by atoms with E-state index in [4.69, 9.17) is 0 Å². The van der Waals surface area contributed by atoms with Crippen LogP contribution < -0.4 is 10.6 Å². The maximum atomic E-state index is 11.5. The zero-order valence-electron chi connectivity index (χ0n) is 10.7. The number of benzene rings is 1. The van der Waals surface area contributed by atoms with Crippen molar-refractivity contribution in [2.45, 2.75) is 27.3 Å². The molecule has 0 bridgehead atoms. The first kappa shape index (κ1) is 13.5. The van der Waals surface area contributed by atoms with Gasteiger partial charge in [-0.3, -0.25) is 4.79 Å². The van der Waals surface area contributed by atoms with Crippen LogP contribution in [0.25, 0.3) is 0 Å². The van der Waals surface area contributed by atoms with Crippen LogP contribution in [0.1, 0.15) is 26.3 Å². The molecular weight excluding hydrogens is 212 g/mol. The van der Waals surface area contributed by atoms with E-state index in [1.165, 1.54) is 5.56 Å². The molecule has 0 fully saturated rings. The van der Waals surface area contributed by atoms with Gasteiger partial charge in [0.05, 0.1) is 0 Å². The molecule has 0 radical (unpaired) electrons. The molecule has 1 aromatic carbocycles. The second-order valence-corrected chi connectivity index (χ2v) is 4.19. The molecule has 0 unspecified atom stereocenters. The van der Waals surface area contributed by atoms with Gasteiger partial charge in [-0.15, -0.1) is 0 Å². The van der Waals surface area contributed by atoms with Crippen LogP contribution >= 0.6 is 0 Å². The summed E-state index contributed by atoms with van der Waals surface area (Å²) in [6.07, 6.45) is 1.59. The van der Waals surface area contributed by atoms with Crippen molar-refractivity contribution >= 4 is 11.6 Å². The first-order valence-corrected chi connectivity index (χ1v) is 5.87. The fraction of sp³-hybridized carbons (Fsp3) is 0.357. The van der Waals surface area contributed by atoms with Gasteiger partial charge >= 0.3 is 0 Å². The SMILES string of the molecule is CCNCc1cccc(NC(=O)C=C(C)C)c1. The zero-order chi connectivity index (χ0) is 12.7. The van der Waals surface area contributed by atoms with Crippen molar-refractivity contribution in [1.29, 1.82) is 0 Å². The molecule has 1 amide bonds. The molecular formula is C14H20N2O. The molecule has 2 N–H and O–H groups in total. The number of nitrogens with one attached hydrogen (secondary N) is 2. The van der Waals surface area contributed by atoms with E-state index in [0.717, 1.165) is 24.4 Å². The minimum absolute atomic E-state index is 0.0781. The molecule has 0 aromatic heterocycles. The quantitative estimate of drug-likeness (QED) is 0.766. The van der Waals surface area contributed by atoms with Gasteiger partial charge in [0, 0.05) is 18.3 Å². The summed E-state index contributed by atoms with van der Waals surface area (Å²) in [4.78, 5) is 11.5. The Labute approximate surface area is 103 Å². The lowest BCUT2D eigenvalue weighted by atomic mass is 10.2.